The summed E-state index contributed by atoms with van der Waals surface area (Å²) >= 11 is 0. The topological polar surface area (TPSA) is 39.2 Å². The van der Waals surface area contributed by atoms with E-state index in [0.717, 1.165) is 40.6 Å². The van der Waals surface area contributed by atoms with Crippen molar-refractivity contribution in [3.8, 4) is 0 Å². The number of carbonyl (C=O) groups excluding carboxylic acids is 1. The third kappa shape index (κ3) is 2.38. The van der Waals surface area contributed by atoms with Crippen molar-refractivity contribution in [2.24, 2.45) is 0 Å². The minimum absolute atomic E-state index is 0.286. The Hall–Kier alpha value is -2.94. The lowest BCUT2D eigenvalue weighted by molar-refractivity contribution is 0.0602. The molecule has 24 heavy (non-hydrogen) atoms. The second-order valence-electron chi connectivity index (χ2n) is 5.90. The molecule has 1 aliphatic carbocycles. The van der Waals surface area contributed by atoms with Gasteiger partial charge in [0.25, 0.3) is 0 Å². The van der Waals surface area contributed by atoms with Crippen molar-refractivity contribution in [2.45, 2.75) is 12.8 Å². The van der Waals surface area contributed by atoms with Crippen molar-refractivity contribution in [3.63, 3.8) is 0 Å². The van der Waals surface area contributed by atoms with Gasteiger partial charge in [-0.05, 0) is 41.7 Å². The predicted octanol–water partition coefficient (Wildman–Crippen LogP) is 4.51. The van der Waals surface area contributed by atoms with Crippen LogP contribution in [-0.4, -0.2) is 18.1 Å². The van der Waals surface area contributed by atoms with Crippen LogP contribution in [-0.2, 0) is 11.2 Å². The minimum Gasteiger partial charge on any atom is -0.465 e. The first-order valence-electron chi connectivity index (χ1n) is 8.04. The van der Waals surface area contributed by atoms with Crippen LogP contribution in [0.5, 0.6) is 0 Å². The van der Waals surface area contributed by atoms with E-state index in [1.807, 2.05) is 42.5 Å². The van der Waals surface area contributed by atoms with Crippen LogP contribution in [0.4, 0.5) is 0 Å². The fourth-order valence-electron chi connectivity index (χ4n) is 3.36. The number of benzene rings is 2. The lowest BCUT2D eigenvalue weighted by Gasteiger charge is -2.10. The monoisotopic (exact) mass is 315 g/mol. The third-order valence-corrected chi connectivity index (χ3v) is 4.47. The summed E-state index contributed by atoms with van der Waals surface area (Å²) in [6.45, 7) is 0. The molecule has 0 saturated carbocycles. The van der Waals surface area contributed by atoms with Gasteiger partial charge in [-0.3, -0.25) is 0 Å². The Morgan fingerprint density at radius 3 is 2.58 bits per heavy atom. The van der Waals surface area contributed by atoms with Gasteiger partial charge in [0.15, 0.2) is 0 Å². The standard InChI is InChI=1S/C21H17NO2/c1-24-21(23)19-16-9-5-6-10-18(16)22-20-15(11-12-17(19)20)13-14-7-3-2-4-8-14/h2-10,13H,11-12H2,1H3/b15-13-. The molecule has 3 heteroatoms. The summed E-state index contributed by atoms with van der Waals surface area (Å²) in [6, 6.07) is 18.0. The Labute approximate surface area is 140 Å². The second-order valence-corrected chi connectivity index (χ2v) is 5.90. The number of fused-ring (bicyclic) bond motifs is 2. The average molecular weight is 315 g/mol. The van der Waals surface area contributed by atoms with E-state index in [-0.39, 0.29) is 5.97 Å². The average Bonchev–Trinajstić information content (AvgIpc) is 3.02. The molecule has 0 N–H and O–H groups in total. The Morgan fingerprint density at radius 1 is 1.04 bits per heavy atom. The molecule has 0 atom stereocenters. The van der Waals surface area contributed by atoms with E-state index in [9.17, 15) is 4.79 Å². The maximum absolute atomic E-state index is 12.4. The lowest BCUT2D eigenvalue weighted by atomic mass is 10.0. The number of ether oxygens (including phenoxy) is 1. The number of rotatable bonds is 2. The number of pyridine rings is 1. The first-order chi connectivity index (χ1) is 11.8. The number of aromatic nitrogens is 1. The van der Waals surface area contributed by atoms with Gasteiger partial charge in [-0.1, -0.05) is 48.5 Å². The van der Waals surface area contributed by atoms with Gasteiger partial charge in [0.05, 0.1) is 23.9 Å². The molecule has 2 aromatic carbocycles. The summed E-state index contributed by atoms with van der Waals surface area (Å²) in [5.74, 6) is -0.286. The first-order valence-corrected chi connectivity index (χ1v) is 8.04. The number of hydrogen-bond donors (Lipinski definition) is 0. The predicted molar refractivity (Wildman–Crippen MR) is 95.7 cm³/mol. The molecule has 1 aromatic heterocycles. The van der Waals surface area contributed by atoms with Crippen molar-refractivity contribution in [1.29, 1.82) is 0 Å². The van der Waals surface area contributed by atoms with E-state index in [2.05, 4.69) is 18.2 Å². The molecule has 3 aromatic rings. The molecule has 3 nitrogen and oxygen atoms in total. The smallest absolute Gasteiger partial charge is 0.338 e. The van der Waals surface area contributed by atoms with Crippen molar-refractivity contribution in [2.75, 3.05) is 7.11 Å². The summed E-state index contributed by atoms with van der Waals surface area (Å²) in [7, 11) is 1.43. The molecule has 1 heterocycles. The molecule has 0 saturated heterocycles. The maximum atomic E-state index is 12.4. The second kappa shape index (κ2) is 5.93. The van der Waals surface area contributed by atoms with Crippen LogP contribution >= 0.6 is 0 Å². The Balaban J connectivity index is 1.95. The van der Waals surface area contributed by atoms with E-state index < -0.39 is 0 Å². The Kier molecular flexibility index (Phi) is 3.62. The number of esters is 1. The van der Waals surface area contributed by atoms with Gasteiger partial charge in [0.1, 0.15) is 0 Å². The third-order valence-electron chi connectivity index (χ3n) is 4.47. The molecule has 0 spiro atoms. The van der Waals surface area contributed by atoms with E-state index in [1.54, 1.807) is 0 Å². The number of carbonyl (C=O) groups is 1. The van der Waals surface area contributed by atoms with E-state index in [0.29, 0.717) is 5.56 Å². The van der Waals surface area contributed by atoms with Crippen LogP contribution in [0.2, 0.25) is 0 Å². The van der Waals surface area contributed by atoms with Crippen LogP contribution in [0, 0.1) is 0 Å². The van der Waals surface area contributed by atoms with E-state index >= 15 is 0 Å². The van der Waals surface area contributed by atoms with E-state index in [4.69, 9.17) is 9.72 Å². The van der Waals surface area contributed by atoms with Gasteiger partial charge in [-0.15, -0.1) is 0 Å². The normalized spacial score (nSPS) is 14.8. The largest absolute Gasteiger partial charge is 0.465 e. The summed E-state index contributed by atoms with van der Waals surface area (Å²) < 4.78 is 5.04. The molecular weight excluding hydrogens is 298 g/mol. The molecule has 0 aliphatic heterocycles. The number of hydrogen-bond acceptors (Lipinski definition) is 3. The summed E-state index contributed by atoms with van der Waals surface area (Å²) in [6.07, 6.45) is 3.86. The van der Waals surface area contributed by atoms with Crippen molar-refractivity contribution < 1.29 is 9.53 Å². The molecule has 0 amide bonds. The van der Waals surface area contributed by atoms with Gasteiger partial charge in [0, 0.05) is 5.39 Å². The number of para-hydroxylation sites is 1. The van der Waals surface area contributed by atoms with Crippen LogP contribution in [0.15, 0.2) is 54.6 Å². The van der Waals surface area contributed by atoms with Crippen LogP contribution < -0.4 is 0 Å². The zero-order valence-corrected chi connectivity index (χ0v) is 13.5. The number of methoxy groups -OCH3 is 1. The Morgan fingerprint density at radius 2 is 1.79 bits per heavy atom. The maximum Gasteiger partial charge on any atom is 0.338 e. The summed E-state index contributed by atoms with van der Waals surface area (Å²) in [4.78, 5) is 17.2. The van der Waals surface area contributed by atoms with Gasteiger partial charge in [0.2, 0.25) is 0 Å². The highest BCUT2D eigenvalue weighted by Crippen LogP contribution is 2.37. The molecule has 118 valence electrons. The molecule has 0 fully saturated rings. The minimum atomic E-state index is -0.286. The molecule has 0 radical (unpaired) electrons. The SMILES string of the molecule is COC(=O)c1c2c(nc3ccccc13)/C(=C\c1ccccc1)CC2. The molecule has 4 rings (SSSR count). The Bertz CT molecular complexity index is 958. The van der Waals surface area contributed by atoms with Crippen molar-refractivity contribution in [3.05, 3.63) is 77.0 Å². The van der Waals surface area contributed by atoms with Gasteiger partial charge in [-0.25, -0.2) is 9.78 Å². The fraction of sp³-hybridized carbons (Fsp3) is 0.143. The zero-order chi connectivity index (χ0) is 16.5. The van der Waals surface area contributed by atoms with Gasteiger partial charge in [-0.2, -0.15) is 0 Å². The number of nitrogens with zero attached hydrogens (tertiary/aromatic N) is 1. The van der Waals surface area contributed by atoms with Crippen LogP contribution in [0.25, 0.3) is 22.6 Å². The fourth-order valence-corrected chi connectivity index (χ4v) is 3.36. The van der Waals surface area contributed by atoms with Crippen LogP contribution in [0.1, 0.15) is 33.6 Å². The molecular formula is C21H17NO2. The molecule has 1 aliphatic rings. The number of allylic oxidation sites excluding steroid dienone is 1. The highest BCUT2D eigenvalue weighted by Gasteiger charge is 2.27. The highest BCUT2D eigenvalue weighted by atomic mass is 16.5. The highest BCUT2D eigenvalue weighted by molar-refractivity contribution is 6.07. The molecule has 0 bridgehead atoms. The molecule has 0 unspecified atom stereocenters. The van der Waals surface area contributed by atoms with Gasteiger partial charge >= 0.3 is 5.97 Å². The quantitative estimate of drug-likeness (QED) is 0.653. The van der Waals surface area contributed by atoms with Crippen molar-refractivity contribution >= 4 is 28.5 Å². The summed E-state index contributed by atoms with van der Waals surface area (Å²) in [5, 5.41) is 0.865. The van der Waals surface area contributed by atoms with E-state index in [1.165, 1.54) is 12.7 Å². The lowest BCUT2D eigenvalue weighted by Crippen LogP contribution is -2.08. The van der Waals surface area contributed by atoms with Crippen LogP contribution in [0.3, 0.4) is 0 Å². The van der Waals surface area contributed by atoms with Crippen molar-refractivity contribution in [1.82, 2.24) is 4.98 Å². The van der Waals surface area contributed by atoms with Gasteiger partial charge < -0.3 is 4.74 Å². The first kappa shape index (κ1) is 14.6. The summed E-state index contributed by atoms with van der Waals surface area (Å²) in [5.41, 5.74) is 5.75. The zero-order valence-electron chi connectivity index (χ0n) is 13.5.